The number of pyridine rings is 1. The highest BCUT2D eigenvalue weighted by Gasteiger charge is 2.33. The molecule has 180 valence electrons. The molecule has 7 heteroatoms. The molecule has 5 nitrogen and oxygen atoms in total. The number of nitrogens with zero attached hydrogens (tertiary/aromatic N) is 1. The lowest BCUT2D eigenvalue weighted by atomic mass is 9.93. The molecule has 0 bridgehead atoms. The summed E-state index contributed by atoms with van der Waals surface area (Å²) >= 11 is 0. The van der Waals surface area contributed by atoms with E-state index in [4.69, 9.17) is 0 Å². The van der Waals surface area contributed by atoms with Gasteiger partial charge in [0.25, 0.3) is 0 Å². The third-order valence-corrected chi connectivity index (χ3v) is 9.52. The third-order valence-electron chi connectivity index (χ3n) is 6.30. The minimum atomic E-state index is -3.35. The van der Waals surface area contributed by atoms with Crippen molar-refractivity contribution in [2.24, 2.45) is 0 Å². The Morgan fingerprint density at radius 2 is 1.46 bits per heavy atom. The molecular weight excluding hydrogens is 478 g/mol. The van der Waals surface area contributed by atoms with Crippen LogP contribution in [0.4, 0.5) is 0 Å². The van der Waals surface area contributed by atoms with Crippen molar-refractivity contribution in [1.82, 2.24) is 4.98 Å². The van der Waals surface area contributed by atoms with Gasteiger partial charge in [0.2, 0.25) is 0 Å². The molecule has 4 rings (SSSR count). The van der Waals surface area contributed by atoms with Crippen LogP contribution in [0.1, 0.15) is 30.5 Å². The molecule has 0 atom stereocenters. The minimum absolute atomic E-state index is 0.285. The van der Waals surface area contributed by atoms with Gasteiger partial charge >= 0.3 is 0 Å². The molecule has 3 aromatic carbocycles. The summed E-state index contributed by atoms with van der Waals surface area (Å²) in [4.78, 5) is 4.86. The van der Waals surface area contributed by atoms with Crippen molar-refractivity contribution >= 4 is 42.7 Å². The summed E-state index contributed by atoms with van der Waals surface area (Å²) in [5, 5.41) is 0.878. The van der Waals surface area contributed by atoms with Gasteiger partial charge in [0.1, 0.15) is 0 Å². The van der Waals surface area contributed by atoms with Crippen LogP contribution in [-0.2, 0) is 24.4 Å². The summed E-state index contributed by atoms with van der Waals surface area (Å²) in [6, 6.07) is 22.3. The van der Waals surface area contributed by atoms with Crippen LogP contribution < -0.4 is 0 Å². The van der Waals surface area contributed by atoms with Crippen molar-refractivity contribution in [3.63, 3.8) is 0 Å². The number of rotatable bonds is 6. The van der Waals surface area contributed by atoms with Gasteiger partial charge in [0, 0.05) is 29.7 Å². The molecule has 0 amide bonds. The standard InChI is InChI=1S/C28H27NO4S2/c1-28(2,35(4,32)33)24-18-23-9-6-16-29-27(23)26(19-24)22-8-5-7-21(17-22)11-10-20-12-14-25(15-13-20)34(3,30)31/h5-19H,1-4H3/b11-10-. The Morgan fingerprint density at radius 3 is 2.11 bits per heavy atom. The highest BCUT2D eigenvalue weighted by atomic mass is 32.2. The molecule has 0 unspecified atom stereocenters. The van der Waals surface area contributed by atoms with Crippen LogP contribution in [0.15, 0.2) is 83.9 Å². The van der Waals surface area contributed by atoms with Crippen molar-refractivity contribution in [3.05, 3.63) is 95.7 Å². The van der Waals surface area contributed by atoms with Gasteiger partial charge in [0.15, 0.2) is 19.7 Å². The molecule has 0 spiro atoms. The lowest BCUT2D eigenvalue weighted by Gasteiger charge is -2.24. The number of benzene rings is 3. The lowest BCUT2D eigenvalue weighted by Crippen LogP contribution is -2.28. The Labute approximate surface area is 207 Å². The number of aromatic nitrogens is 1. The summed E-state index contributed by atoms with van der Waals surface area (Å²) in [5.41, 5.74) is 5.14. The number of sulfone groups is 2. The zero-order chi connectivity index (χ0) is 25.4. The molecule has 35 heavy (non-hydrogen) atoms. The van der Waals surface area contributed by atoms with Crippen molar-refractivity contribution in [3.8, 4) is 11.1 Å². The van der Waals surface area contributed by atoms with Crippen molar-refractivity contribution in [2.75, 3.05) is 12.5 Å². The molecule has 0 N–H and O–H groups in total. The summed E-state index contributed by atoms with van der Waals surface area (Å²) in [7, 11) is -6.58. The molecule has 0 radical (unpaired) electrons. The molecule has 0 aliphatic rings. The maximum absolute atomic E-state index is 12.5. The molecular formula is C28H27NO4S2. The van der Waals surface area contributed by atoms with E-state index in [1.54, 1.807) is 44.3 Å². The quantitative estimate of drug-likeness (QED) is 0.312. The number of fused-ring (bicyclic) bond motifs is 1. The molecule has 0 saturated carbocycles. The van der Waals surface area contributed by atoms with E-state index in [9.17, 15) is 16.8 Å². The molecule has 0 fully saturated rings. The Morgan fingerprint density at radius 1 is 0.771 bits per heavy atom. The van der Waals surface area contributed by atoms with E-state index in [-0.39, 0.29) is 4.90 Å². The molecule has 0 saturated heterocycles. The first kappa shape index (κ1) is 24.8. The van der Waals surface area contributed by atoms with Crippen molar-refractivity contribution in [2.45, 2.75) is 23.5 Å². The minimum Gasteiger partial charge on any atom is -0.256 e. The van der Waals surface area contributed by atoms with Gasteiger partial charge in [-0.25, -0.2) is 16.8 Å². The average molecular weight is 506 g/mol. The molecule has 0 aliphatic carbocycles. The van der Waals surface area contributed by atoms with Crippen LogP contribution in [0.3, 0.4) is 0 Å². The predicted molar refractivity (Wildman–Crippen MR) is 144 cm³/mol. The monoisotopic (exact) mass is 505 g/mol. The second-order valence-electron chi connectivity index (χ2n) is 9.18. The first-order chi connectivity index (χ1) is 16.4. The van der Waals surface area contributed by atoms with Crippen LogP contribution in [-0.4, -0.2) is 34.3 Å². The zero-order valence-corrected chi connectivity index (χ0v) is 21.7. The van der Waals surface area contributed by atoms with E-state index in [1.165, 1.54) is 12.5 Å². The molecule has 0 aliphatic heterocycles. The topological polar surface area (TPSA) is 81.2 Å². The summed E-state index contributed by atoms with van der Waals surface area (Å²) in [6.07, 6.45) is 8.06. The Hall–Kier alpha value is -3.29. The van der Waals surface area contributed by atoms with Crippen LogP contribution >= 0.6 is 0 Å². The molecule has 1 heterocycles. The van der Waals surface area contributed by atoms with E-state index < -0.39 is 24.4 Å². The fourth-order valence-corrected chi connectivity index (χ4v) is 4.98. The maximum Gasteiger partial charge on any atom is 0.175 e. The van der Waals surface area contributed by atoms with Gasteiger partial charge in [0.05, 0.1) is 15.2 Å². The Balaban J connectivity index is 1.77. The summed E-state index contributed by atoms with van der Waals surface area (Å²) in [5.74, 6) is 0. The maximum atomic E-state index is 12.5. The fraction of sp³-hybridized carbons (Fsp3) is 0.179. The number of hydrogen-bond donors (Lipinski definition) is 0. The normalized spacial score (nSPS) is 12.9. The fourth-order valence-electron chi connectivity index (χ4n) is 3.80. The predicted octanol–water partition coefficient (Wildman–Crippen LogP) is 5.76. The van der Waals surface area contributed by atoms with Gasteiger partial charge in [-0.3, -0.25) is 4.98 Å². The SMILES string of the molecule is CC(C)(c1cc(-c2cccc(/C=C\c3ccc(S(C)(=O)=O)cc3)c2)c2ncccc2c1)S(C)(=O)=O. The highest BCUT2D eigenvalue weighted by molar-refractivity contribution is 7.91. The molecule has 4 aromatic rings. The van der Waals surface area contributed by atoms with E-state index in [0.717, 1.165) is 33.2 Å². The summed E-state index contributed by atoms with van der Waals surface area (Å²) < 4.78 is 47.4. The lowest BCUT2D eigenvalue weighted by molar-refractivity contribution is 0.561. The first-order valence-corrected chi connectivity index (χ1v) is 14.8. The highest BCUT2D eigenvalue weighted by Crippen LogP contribution is 2.36. The smallest absolute Gasteiger partial charge is 0.175 e. The van der Waals surface area contributed by atoms with Crippen molar-refractivity contribution < 1.29 is 16.8 Å². The van der Waals surface area contributed by atoms with E-state index in [2.05, 4.69) is 4.98 Å². The second-order valence-corrected chi connectivity index (χ2v) is 13.8. The Bertz CT molecular complexity index is 1650. The Kier molecular flexibility index (Phi) is 6.42. The van der Waals surface area contributed by atoms with Crippen LogP contribution in [0.5, 0.6) is 0 Å². The van der Waals surface area contributed by atoms with Crippen LogP contribution in [0, 0.1) is 0 Å². The molecule has 1 aromatic heterocycles. The summed E-state index contributed by atoms with van der Waals surface area (Å²) in [6.45, 7) is 3.44. The van der Waals surface area contributed by atoms with Crippen LogP contribution in [0.25, 0.3) is 34.2 Å². The van der Waals surface area contributed by atoms with Gasteiger partial charge < -0.3 is 0 Å². The average Bonchev–Trinajstić information content (AvgIpc) is 2.81. The number of hydrogen-bond acceptors (Lipinski definition) is 5. The van der Waals surface area contributed by atoms with E-state index in [0.29, 0.717) is 5.56 Å². The van der Waals surface area contributed by atoms with E-state index >= 15 is 0 Å². The van der Waals surface area contributed by atoms with Crippen LogP contribution in [0.2, 0.25) is 0 Å². The van der Waals surface area contributed by atoms with E-state index in [1.807, 2.05) is 60.7 Å². The van der Waals surface area contributed by atoms with Gasteiger partial charge in [-0.05, 0) is 72.5 Å². The second kappa shape index (κ2) is 9.06. The zero-order valence-electron chi connectivity index (χ0n) is 20.1. The van der Waals surface area contributed by atoms with Gasteiger partial charge in [-0.15, -0.1) is 0 Å². The van der Waals surface area contributed by atoms with Gasteiger partial charge in [-0.2, -0.15) is 0 Å². The largest absolute Gasteiger partial charge is 0.256 e. The van der Waals surface area contributed by atoms with Crippen molar-refractivity contribution in [1.29, 1.82) is 0 Å². The third kappa shape index (κ3) is 5.21. The first-order valence-electron chi connectivity index (χ1n) is 11.0. The van der Waals surface area contributed by atoms with Gasteiger partial charge in [-0.1, -0.05) is 48.6 Å².